The number of hydrogen-bond acceptors (Lipinski definition) is 4. The fourth-order valence-corrected chi connectivity index (χ4v) is 4.83. The highest BCUT2D eigenvalue weighted by molar-refractivity contribution is 7.89. The van der Waals surface area contributed by atoms with Gasteiger partial charge in [0.15, 0.2) is 0 Å². The second-order valence-electron chi connectivity index (χ2n) is 6.48. The highest BCUT2D eigenvalue weighted by Crippen LogP contribution is 2.25. The molecule has 0 bridgehead atoms. The molecule has 1 aliphatic rings. The predicted octanol–water partition coefficient (Wildman–Crippen LogP) is 1.65. The van der Waals surface area contributed by atoms with E-state index in [-0.39, 0.29) is 16.5 Å². The Kier molecular flexibility index (Phi) is 5.62. The number of benzene rings is 1. The van der Waals surface area contributed by atoms with Crippen LogP contribution in [0, 0.1) is 0 Å². The zero-order chi connectivity index (χ0) is 19.4. The minimum absolute atomic E-state index is 0.0682. The van der Waals surface area contributed by atoms with Gasteiger partial charge in [0.1, 0.15) is 5.69 Å². The summed E-state index contributed by atoms with van der Waals surface area (Å²) in [5.74, 6) is -1.10. The number of nitrogens with zero attached hydrogens (tertiary/aromatic N) is 1. The van der Waals surface area contributed by atoms with Gasteiger partial charge in [-0.25, -0.2) is 8.42 Å². The topological polar surface area (TPSA) is 111 Å². The molecule has 9 heteroatoms. The fourth-order valence-electron chi connectivity index (χ4n) is 3.09. The Bertz CT molecular complexity index is 925. The number of hydrogen-bond donors (Lipinski definition) is 3. The Hall–Kier alpha value is -2.65. The second kappa shape index (κ2) is 7.93. The maximum Gasteiger partial charge on any atom is 0.286 e. The molecule has 8 nitrogen and oxygen atoms in total. The summed E-state index contributed by atoms with van der Waals surface area (Å²) >= 11 is 0. The Morgan fingerprint density at radius 3 is 2.59 bits per heavy atom. The van der Waals surface area contributed by atoms with Gasteiger partial charge in [-0.2, -0.15) is 4.31 Å². The standard InChI is InChI=1S/C18H22N4O4S/c1-13-6-2-3-11-22(13)27(25,26)15-8-4-7-14(12-15)17(23)20-21-18(24)16-9-5-10-19-16/h4-5,7-10,12-13,19H,2-3,6,11H2,1H3,(H,20,23)(H,21,24)/t13-/m1/s1. The van der Waals surface area contributed by atoms with Gasteiger partial charge in [-0.15, -0.1) is 0 Å². The van der Waals surface area contributed by atoms with Crippen LogP contribution >= 0.6 is 0 Å². The van der Waals surface area contributed by atoms with Crippen LogP contribution in [0.1, 0.15) is 47.0 Å². The van der Waals surface area contributed by atoms with Crippen molar-refractivity contribution in [3.8, 4) is 0 Å². The number of aromatic nitrogens is 1. The maximum absolute atomic E-state index is 12.9. The van der Waals surface area contributed by atoms with E-state index in [0.717, 1.165) is 19.3 Å². The quantitative estimate of drug-likeness (QED) is 0.689. The van der Waals surface area contributed by atoms with Crippen molar-refractivity contribution in [2.75, 3.05) is 6.54 Å². The monoisotopic (exact) mass is 390 g/mol. The molecule has 2 aromatic rings. The van der Waals surface area contributed by atoms with Gasteiger partial charge in [-0.05, 0) is 50.1 Å². The first-order chi connectivity index (χ1) is 12.9. The highest BCUT2D eigenvalue weighted by Gasteiger charge is 2.31. The summed E-state index contributed by atoms with van der Waals surface area (Å²) < 4.78 is 27.3. The molecule has 3 N–H and O–H groups in total. The zero-order valence-electron chi connectivity index (χ0n) is 14.9. The van der Waals surface area contributed by atoms with Crippen molar-refractivity contribution in [3.05, 3.63) is 53.9 Å². The van der Waals surface area contributed by atoms with Crippen LogP contribution in [0.15, 0.2) is 47.5 Å². The summed E-state index contributed by atoms with van der Waals surface area (Å²) in [6, 6.07) is 8.97. The Balaban J connectivity index is 1.72. The van der Waals surface area contributed by atoms with E-state index in [4.69, 9.17) is 0 Å². The second-order valence-corrected chi connectivity index (χ2v) is 8.37. The largest absolute Gasteiger partial charge is 0.357 e. The summed E-state index contributed by atoms with van der Waals surface area (Å²) in [4.78, 5) is 26.9. The molecule has 1 aromatic carbocycles. The average Bonchev–Trinajstić information content (AvgIpc) is 3.21. The molecule has 0 radical (unpaired) electrons. The first-order valence-corrected chi connectivity index (χ1v) is 10.2. The van der Waals surface area contributed by atoms with Crippen LogP contribution in [0.5, 0.6) is 0 Å². The summed E-state index contributed by atoms with van der Waals surface area (Å²) in [6.45, 7) is 2.37. The third-order valence-electron chi connectivity index (χ3n) is 4.58. The van der Waals surface area contributed by atoms with Crippen molar-refractivity contribution in [1.29, 1.82) is 0 Å². The lowest BCUT2D eigenvalue weighted by molar-refractivity contribution is 0.0844. The molecule has 0 aliphatic carbocycles. The molecule has 27 heavy (non-hydrogen) atoms. The average molecular weight is 390 g/mol. The predicted molar refractivity (Wildman–Crippen MR) is 99.4 cm³/mol. The summed E-state index contributed by atoms with van der Waals surface area (Å²) in [5.41, 5.74) is 5.01. The van der Waals surface area contributed by atoms with E-state index in [1.54, 1.807) is 18.3 Å². The molecule has 2 amide bonds. The molecule has 0 unspecified atom stereocenters. The fraction of sp³-hybridized carbons (Fsp3) is 0.333. The van der Waals surface area contributed by atoms with Gasteiger partial charge >= 0.3 is 0 Å². The van der Waals surface area contributed by atoms with Crippen LogP contribution in [-0.2, 0) is 10.0 Å². The van der Waals surface area contributed by atoms with Crippen LogP contribution in [-0.4, -0.2) is 42.1 Å². The molecule has 3 rings (SSSR count). The van der Waals surface area contributed by atoms with Crippen molar-refractivity contribution in [2.45, 2.75) is 37.1 Å². The lowest BCUT2D eigenvalue weighted by Crippen LogP contribution is -2.42. The number of aromatic amines is 1. The number of rotatable bonds is 4. The van der Waals surface area contributed by atoms with Crippen molar-refractivity contribution < 1.29 is 18.0 Å². The van der Waals surface area contributed by atoms with Crippen LogP contribution in [0.25, 0.3) is 0 Å². The van der Waals surface area contributed by atoms with Crippen LogP contribution in [0.3, 0.4) is 0 Å². The normalized spacial score (nSPS) is 18.0. The molecule has 0 spiro atoms. The zero-order valence-corrected chi connectivity index (χ0v) is 15.8. The summed E-state index contributed by atoms with van der Waals surface area (Å²) in [7, 11) is -3.67. The third kappa shape index (κ3) is 4.20. The number of carbonyl (C=O) groups is 2. The SMILES string of the molecule is C[C@@H]1CCCCN1S(=O)(=O)c1cccc(C(=O)NNC(=O)c2ccc[nH]2)c1. The molecule has 2 heterocycles. The van der Waals surface area contributed by atoms with E-state index in [0.29, 0.717) is 12.2 Å². The first-order valence-electron chi connectivity index (χ1n) is 8.75. The van der Waals surface area contributed by atoms with Crippen LogP contribution in [0.4, 0.5) is 0 Å². The Labute approximate surface area is 158 Å². The lowest BCUT2D eigenvalue weighted by Gasteiger charge is -2.32. The molecule has 144 valence electrons. The number of sulfonamides is 1. The number of hydrazine groups is 1. The lowest BCUT2D eigenvalue weighted by atomic mass is 10.1. The van der Waals surface area contributed by atoms with Crippen molar-refractivity contribution in [3.63, 3.8) is 0 Å². The van der Waals surface area contributed by atoms with Gasteiger partial charge in [0.25, 0.3) is 11.8 Å². The highest BCUT2D eigenvalue weighted by atomic mass is 32.2. The van der Waals surface area contributed by atoms with Crippen molar-refractivity contribution >= 4 is 21.8 Å². The molecular formula is C18H22N4O4S. The summed E-state index contributed by atoms with van der Waals surface area (Å²) in [6.07, 6.45) is 4.25. The van der Waals surface area contributed by atoms with Gasteiger partial charge < -0.3 is 4.98 Å². The van der Waals surface area contributed by atoms with E-state index < -0.39 is 21.8 Å². The Morgan fingerprint density at radius 1 is 1.11 bits per heavy atom. The van der Waals surface area contributed by atoms with Gasteiger partial charge in [0.2, 0.25) is 10.0 Å². The number of amides is 2. The van der Waals surface area contributed by atoms with Crippen LogP contribution < -0.4 is 10.9 Å². The van der Waals surface area contributed by atoms with Crippen molar-refractivity contribution in [1.82, 2.24) is 20.1 Å². The molecule has 1 aliphatic heterocycles. The molecule has 0 saturated carbocycles. The third-order valence-corrected chi connectivity index (χ3v) is 6.59. The molecule has 1 aromatic heterocycles. The number of carbonyl (C=O) groups excluding carboxylic acids is 2. The van der Waals surface area contributed by atoms with Gasteiger partial charge in [-0.1, -0.05) is 12.5 Å². The van der Waals surface area contributed by atoms with Gasteiger partial charge in [0, 0.05) is 24.3 Å². The molecule has 1 saturated heterocycles. The first kappa shape index (κ1) is 19.1. The van der Waals surface area contributed by atoms with E-state index in [1.807, 2.05) is 6.92 Å². The molecular weight excluding hydrogens is 368 g/mol. The van der Waals surface area contributed by atoms with Crippen molar-refractivity contribution in [2.24, 2.45) is 0 Å². The van der Waals surface area contributed by atoms with E-state index in [1.165, 1.54) is 28.6 Å². The minimum atomic E-state index is -3.67. The maximum atomic E-state index is 12.9. The van der Waals surface area contributed by atoms with E-state index in [2.05, 4.69) is 15.8 Å². The van der Waals surface area contributed by atoms with Crippen LogP contribution in [0.2, 0.25) is 0 Å². The summed E-state index contributed by atoms with van der Waals surface area (Å²) in [5, 5.41) is 0. The van der Waals surface area contributed by atoms with E-state index in [9.17, 15) is 18.0 Å². The van der Waals surface area contributed by atoms with Gasteiger partial charge in [-0.3, -0.25) is 20.4 Å². The molecule has 1 atom stereocenters. The smallest absolute Gasteiger partial charge is 0.286 e. The number of nitrogens with one attached hydrogen (secondary N) is 3. The van der Waals surface area contributed by atoms with E-state index >= 15 is 0 Å². The number of H-pyrrole nitrogens is 1. The Morgan fingerprint density at radius 2 is 1.89 bits per heavy atom. The van der Waals surface area contributed by atoms with Gasteiger partial charge in [0.05, 0.1) is 4.90 Å². The number of piperidine rings is 1. The molecule has 1 fully saturated rings. The minimum Gasteiger partial charge on any atom is -0.357 e.